The van der Waals surface area contributed by atoms with Gasteiger partial charge in [0.15, 0.2) is 0 Å². The van der Waals surface area contributed by atoms with Crippen LogP contribution >= 0.6 is 7.82 Å². The summed E-state index contributed by atoms with van der Waals surface area (Å²) in [6, 6.07) is 0. The predicted octanol–water partition coefficient (Wildman–Crippen LogP) is 2.26. The lowest BCUT2D eigenvalue weighted by molar-refractivity contribution is 0.0850. The first-order valence-electron chi connectivity index (χ1n) is 3.16. The molecule has 0 aliphatic carbocycles. The highest BCUT2D eigenvalue weighted by Crippen LogP contribution is 2.67. The van der Waals surface area contributed by atoms with Gasteiger partial charge < -0.3 is 0 Å². The van der Waals surface area contributed by atoms with Crippen molar-refractivity contribution in [1.82, 2.24) is 0 Å². The van der Waals surface area contributed by atoms with Crippen molar-refractivity contribution in [2.45, 2.75) is 32.8 Å². The van der Waals surface area contributed by atoms with Gasteiger partial charge in [-0.15, -0.1) is 9.35 Å². The molecule has 1 aliphatic heterocycles. The van der Waals surface area contributed by atoms with Crippen molar-refractivity contribution in [2.75, 3.05) is 0 Å². The van der Waals surface area contributed by atoms with Crippen molar-refractivity contribution in [1.29, 1.82) is 0 Å². The van der Waals surface area contributed by atoms with Gasteiger partial charge in [-0.05, 0) is 20.3 Å². The fourth-order valence-electron chi connectivity index (χ4n) is 0.425. The highest BCUT2D eigenvalue weighted by atomic mass is 31.2. The van der Waals surface area contributed by atoms with Crippen LogP contribution in [0.3, 0.4) is 0 Å². The highest BCUT2D eigenvalue weighted by Gasteiger charge is 2.49. The molecule has 1 aliphatic rings. The smallest absolute Gasteiger partial charge is 0.278 e. The Bertz CT molecular complexity index is 168. The summed E-state index contributed by atoms with van der Waals surface area (Å²) in [5.41, 5.74) is -0.425. The minimum Gasteiger partial charge on any atom is -0.278 e. The van der Waals surface area contributed by atoms with Crippen LogP contribution < -0.4 is 0 Å². The molecule has 0 spiro atoms. The lowest BCUT2D eigenvalue weighted by Crippen LogP contribution is -2.19. The Morgan fingerprint density at radius 2 is 2.00 bits per heavy atom. The summed E-state index contributed by atoms with van der Waals surface area (Å²) in [6.45, 7) is 5.60. The lowest BCUT2D eigenvalue weighted by Gasteiger charge is -2.18. The first kappa shape index (κ1) is 8.21. The van der Waals surface area contributed by atoms with E-state index < -0.39 is 13.4 Å². The summed E-state index contributed by atoms with van der Waals surface area (Å²) in [4.78, 5) is 0. The molecular weight excluding hydrogens is 155 g/mol. The molecule has 0 radical (unpaired) electrons. The van der Waals surface area contributed by atoms with Gasteiger partial charge in [0.2, 0.25) is 0 Å². The van der Waals surface area contributed by atoms with Crippen molar-refractivity contribution in [3.63, 3.8) is 0 Å². The highest BCUT2D eigenvalue weighted by molar-refractivity contribution is 7.52. The number of hydrogen-bond acceptors (Lipinski definition) is 4. The second-order valence-electron chi connectivity index (χ2n) is 2.80. The Hall–Kier alpha value is 0.110. The van der Waals surface area contributed by atoms with E-state index in [-0.39, 0.29) is 0 Å². The SMILES string of the molecule is CCC(C)(C)OP1(=O)OO1. The first-order chi connectivity index (χ1) is 4.47. The van der Waals surface area contributed by atoms with Gasteiger partial charge in [-0.1, -0.05) is 6.92 Å². The second-order valence-corrected chi connectivity index (χ2v) is 4.18. The quantitative estimate of drug-likeness (QED) is 0.366. The number of rotatable bonds is 3. The van der Waals surface area contributed by atoms with Gasteiger partial charge in [0.1, 0.15) is 0 Å². The molecule has 1 saturated heterocycles. The third-order valence-electron chi connectivity index (χ3n) is 1.41. The number of hydrogen-bond donors (Lipinski definition) is 0. The normalized spacial score (nSPS) is 22.7. The summed E-state index contributed by atoms with van der Waals surface area (Å²) >= 11 is 0. The molecule has 0 atom stereocenters. The molecule has 0 bridgehead atoms. The van der Waals surface area contributed by atoms with Crippen LogP contribution in [0.25, 0.3) is 0 Å². The van der Waals surface area contributed by atoms with Crippen LogP contribution in [0.5, 0.6) is 0 Å². The molecule has 1 heterocycles. The minimum atomic E-state index is -3.05. The fourth-order valence-corrected chi connectivity index (χ4v) is 1.44. The molecule has 0 N–H and O–H groups in total. The van der Waals surface area contributed by atoms with Crippen LogP contribution in [0.4, 0.5) is 0 Å². The van der Waals surface area contributed by atoms with E-state index in [2.05, 4.69) is 9.35 Å². The molecule has 60 valence electrons. The van der Waals surface area contributed by atoms with Crippen LogP contribution in [-0.4, -0.2) is 5.60 Å². The average Bonchev–Trinajstić information content (AvgIpc) is 2.47. The molecule has 10 heavy (non-hydrogen) atoms. The zero-order chi connectivity index (χ0) is 7.83. The Morgan fingerprint density at radius 1 is 1.50 bits per heavy atom. The summed E-state index contributed by atoms with van der Waals surface area (Å²) < 4.78 is 24.2. The largest absolute Gasteiger partial charge is 0.530 e. The summed E-state index contributed by atoms with van der Waals surface area (Å²) in [7, 11) is -3.05. The van der Waals surface area contributed by atoms with Gasteiger partial charge in [0, 0.05) is 0 Å². The van der Waals surface area contributed by atoms with E-state index in [1.807, 2.05) is 20.8 Å². The summed E-state index contributed by atoms with van der Waals surface area (Å²) in [5.74, 6) is 0. The van der Waals surface area contributed by atoms with Crippen LogP contribution in [0.2, 0.25) is 0 Å². The van der Waals surface area contributed by atoms with Crippen LogP contribution in [0.15, 0.2) is 0 Å². The molecule has 1 rings (SSSR count). The van der Waals surface area contributed by atoms with E-state index in [0.29, 0.717) is 0 Å². The van der Waals surface area contributed by atoms with Crippen molar-refractivity contribution < 1.29 is 18.4 Å². The second kappa shape index (κ2) is 2.31. The zero-order valence-electron chi connectivity index (χ0n) is 6.29. The Balaban J connectivity index is 2.44. The summed E-state index contributed by atoms with van der Waals surface area (Å²) in [6.07, 6.45) is 0.768. The third kappa shape index (κ3) is 2.06. The van der Waals surface area contributed by atoms with Crippen molar-refractivity contribution in [3.8, 4) is 0 Å². The molecular formula is C5H11O4P. The van der Waals surface area contributed by atoms with E-state index in [1.54, 1.807) is 0 Å². The van der Waals surface area contributed by atoms with E-state index in [9.17, 15) is 4.57 Å². The Kier molecular flexibility index (Phi) is 1.90. The van der Waals surface area contributed by atoms with Crippen LogP contribution in [0, 0.1) is 0 Å². The van der Waals surface area contributed by atoms with Gasteiger partial charge in [-0.3, -0.25) is 4.52 Å². The maximum absolute atomic E-state index is 10.8. The first-order valence-corrected chi connectivity index (χ1v) is 4.62. The maximum atomic E-state index is 10.8. The fraction of sp³-hybridized carbons (Fsp3) is 1.00. The molecule has 0 amide bonds. The zero-order valence-corrected chi connectivity index (χ0v) is 7.18. The topological polar surface area (TPSA) is 51.4 Å². The van der Waals surface area contributed by atoms with E-state index >= 15 is 0 Å². The standard InChI is InChI=1S/C5H11O4P/c1-4-5(2,3)7-10(6)8-9-10/h4H2,1-3H3. The molecule has 0 unspecified atom stereocenters. The van der Waals surface area contributed by atoms with Gasteiger partial charge in [-0.2, -0.15) is 0 Å². The van der Waals surface area contributed by atoms with Crippen LogP contribution in [-0.2, 0) is 18.4 Å². The third-order valence-corrected chi connectivity index (χ3v) is 2.52. The van der Waals surface area contributed by atoms with Gasteiger partial charge in [0.05, 0.1) is 5.60 Å². The minimum absolute atomic E-state index is 0.425. The molecule has 0 aromatic rings. The van der Waals surface area contributed by atoms with E-state index in [4.69, 9.17) is 4.52 Å². The Morgan fingerprint density at radius 3 is 2.30 bits per heavy atom. The van der Waals surface area contributed by atoms with E-state index in [0.717, 1.165) is 6.42 Å². The molecule has 5 heteroatoms. The van der Waals surface area contributed by atoms with Gasteiger partial charge in [0.25, 0.3) is 0 Å². The molecule has 1 fully saturated rings. The lowest BCUT2D eigenvalue weighted by atomic mass is 10.1. The van der Waals surface area contributed by atoms with Crippen molar-refractivity contribution >= 4 is 7.82 Å². The van der Waals surface area contributed by atoms with E-state index in [1.165, 1.54) is 0 Å². The molecule has 4 nitrogen and oxygen atoms in total. The summed E-state index contributed by atoms with van der Waals surface area (Å²) in [5, 5.41) is 0. The van der Waals surface area contributed by atoms with Crippen LogP contribution in [0.1, 0.15) is 27.2 Å². The average molecular weight is 166 g/mol. The van der Waals surface area contributed by atoms with Crippen molar-refractivity contribution in [3.05, 3.63) is 0 Å². The van der Waals surface area contributed by atoms with Gasteiger partial charge >= 0.3 is 7.82 Å². The molecule has 0 aromatic carbocycles. The molecule has 0 saturated carbocycles. The molecule has 0 aromatic heterocycles. The predicted molar refractivity (Wildman–Crippen MR) is 35.2 cm³/mol. The maximum Gasteiger partial charge on any atom is 0.530 e. The monoisotopic (exact) mass is 166 g/mol. The Labute approximate surface area is 60.0 Å². The number of phosphoric acid groups is 1. The van der Waals surface area contributed by atoms with Crippen molar-refractivity contribution in [2.24, 2.45) is 0 Å². The van der Waals surface area contributed by atoms with Gasteiger partial charge in [-0.25, -0.2) is 4.57 Å².